The molecule has 0 bridgehead atoms. The van der Waals surface area contributed by atoms with Gasteiger partial charge >= 0.3 is 5.97 Å². The molecule has 0 saturated heterocycles. The number of thioether (sulfide) groups is 1. The molecule has 0 aromatic rings. The normalized spacial score (nSPS) is 30.6. The predicted molar refractivity (Wildman–Crippen MR) is 41.9 cm³/mol. The third kappa shape index (κ3) is 1.30. The van der Waals surface area contributed by atoms with E-state index in [4.69, 9.17) is 11.6 Å². The highest BCUT2D eigenvalue weighted by Crippen LogP contribution is 2.40. The van der Waals surface area contributed by atoms with E-state index in [1.807, 2.05) is 11.5 Å². The van der Waals surface area contributed by atoms with E-state index in [-0.39, 0.29) is 5.97 Å². The summed E-state index contributed by atoms with van der Waals surface area (Å²) < 4.78 is 3.63. The van der Waals surface area contributed by atoms with Crippen LogP contribution in [0.15, 0.2) is 11.5 Å². The van der Waals surface area contributed by atoms with Gasteiger partial charge in [0, 0.05) is 6.42 Å². The number of methoxy groups -OCH3 is 1. The average Bonchev–Trinajstić information content (AvgIpc) is 2.36. The van der Waals surface area contributed by atoms with Crippen LogP contribution in [-0.2, 0) is 9.53 Å². The second-order valence-electron chi connectivity index (χ2n) is 1.91. The maximum Gasteiger partial charge on any atom is 0.337 e. The third-order valence-electron chi connectivity index (χ3n) is 1.22. The van der Waals surface area contributed by atoms with Crippen molar-refractivity contribution in [2.45, 2.75) is 10.6 Å². The molecule has 0 aromatic heterocycles. The smallest absolute Gasteiger partial charge is 0.337 e. The van der Waals surface area contributed by atoms with Gasteiger partial charge in [0.1, 0.15) is 0 Å². The molecule has 0 radical (unpaired) electrons. The van der Waals surface area contributed by atoms with E-state index in [0.29, 0.717) is 6.42 Å². The van der Waals surface area contributed by atoms with Gasteiger partial charge in [0.05, 0.1) is 7.11 Å². The number of carbonyl (C=O) groups excluding carboxylic acids is 1. The summed E-state index contributed by atoms with van der Waals surface area (Å²) in [5.74, 6) is -0.371. The van der Waals surface area contributed by atoms with Crippen LogP contribution in [0.2, 0.25) is 0 Å². The van der Waals surface area contributed by atoms with Gasteiger partial charge in [0.25, 0.3) is 0 Å². The lowest BCUT2D eigenvalue weighted by atomic mass is 10.3. The molecule has 1 rings (SSSR count). The molecule has 1 unspecified atom stereocenters. The largest absolute Gasteiger partial charge is 0.467 e. The molecule has 56 valence electrons. The van der Waals surface area contributed by atoms with Gasteiger partial charge in [-0.15, -0.1) is 0 Å². The van der Waals surface area contributed by atoms with Crippen LogP contribution in [0, 0.1) is 0 Å². The average molecular weight is 179 g/mol. The van der Waals surface area contributed by atoms with Gasteiger partial charge in [-0.2, -0.15) is 0 Å². The molecule has 1 heterocycles. The summed E-state index contributed by atoms with van der Waals surface area (Å²) in [6, 6.07) is 0. The third-order valence-corrected chi connectivity index (χ3v) is 2.83. The first-order valence-corrected chi connectivity index (χ1v) is 4.05. The summed E-state index contributed by atoms with van der Waals surface area (Å²) in [6.07, 6.45) is 2.40. The lowest BCUT2D eigenvalue weighted by molar-refractivity contribution is -0.141. The molecule has 0 N–H and O–H groups in total. The predicted octanol–water partition coefficient (Wildman–Crippen LogP) is 1.75. The van der Waals surface area contributed by atoms with Crippen LogP contribution in [0.25, 0.3) is 0 Å². The number of ether oxygens (including phenoxy) is 1. The van der Waals surface area contributed by atoms with E-state index in [0.717, 1.165) is 0 Å². The summed E-state index contributed by atoms with van der Waals surface area (Å²) in [5, 5.41) is 1.81. The highest BCUT2D eigenvalue weighted by atomic mass is 35.5. The molecule has 2 nitrogen and oxygen atoms in total. The molecular weight excluding hydrogens is 172 g/mol. The van der Waals surface area contributed by atoms with Gasteiger partial charge < -0.3 is 4.74 Å². The number of carbonyl (C=O) groups is 1. The van der Waals surface area contributed by atoms with E-state index in [1.54, 1.807) is 0 Å². The molecule has 10 heavy (non-hydrogen) atoms. The Balaban J connectivity index is 2.61. The van der Waals surface area contributed by atoms with Crippen LogP contribution in [-0.4, -0.2) is 17.3 Å². The van der Waals surface area contributed by atoms with Gasteiger partial charge in [-0.25, -0.2) is 4.79 Å². The standard InChI is InChI=1S/C6H7ClO2S/c1-9-5(8)6(7)3-2-4-10-6/h2,4H,3H2,1H3. The van der Waals surface area contributed by atoms with Crippen molar-refractivity contribution in [3.63, 3.8) is 0 Å². The fourth-order valence-corrected chi connectivity index (χ4v) is 1.79. The van der Waals surface area contributed by atoms with Crippen molar-refractivity contribution in [1.29, 1.82) is 0 Å². The Bertz CT molecular complexity index is 171. The number of halogens is 1. The second-order valence-corrected chi connectivity index (χ2v) is 3.99. The molecule has 0 spiro atoms. The lowest BCUT2D eigenvalue weighted by Crippen LogP contribution is -2.26. The number of rotatable bonds is 1. The molecule has 1 aliphatic heterocycles. The van der Waals surface area contributed by atoms with Crippen LogP contribution in [0.1, 0.15) is 6.42 Å². The minimum absolute atomic E-state index is 0.371. The molecule has 0 amide bonds. The highest BCUT2D eigenvalue weighted by molar-refractivity contribution is 8.05. The van der Waals surface area contributed by atoms with Crippen LogP contribution in [0.3, 0.4) is 0 Å². The Morgan fingerprint density at radius 2 is 2.60 bits per heavy atom. The van der Waals surface area contributed by atoms with Crippen LogP contribution >= 0.6 is 23.4 Å². The molecule has 1 aliphatic rings. The van der Waals surface area contributed by atoms with Crippen molar-refractivity contribution >= 4 is 29.3 Å². The van der Waals surface area contributed by atoms with E-state index >= 15 is 0 Å². The Morgan fingerprint density at radius 3 is 3.00 bits per heavy atom. The van der Waals surface area contributed by atoms with Crippen molar-refractivity contribution in [3.05, 3.63) is 11.5 Å². The van der Waals surface area contributed by atoms with Crippen molar-refractivity contribution in [3.8, 4) is 0 Å². The first kappa shape index (κ1) is 7.95. The van der Waals surface area contributed by atoms with Crippen molar-refractivity contribution in [2.75, 3.05) is 7.11 Å². The molecule has 4 heteroatoms. The zero-order valence-electron chi connectivity index (χ0n) is 5.46. The fraction of sp³-hybridized carbons (Fsp3) is 0.500. The number of hydrogen-bond acceptors (Lipinski definition) is 3. The van der Waals surface area contributed by atoms with Gasteiger partial charge in [0.15, 0.2) is 4.21 Å². The van der Waals surface area contributed by atoms with Gasteiger partial charge in [-0.05, 0) is 5.41 Å². The number of esters is 1. The molecule has 0 fully saturated rings. The molecule has 0 aliphatic carbocycles. The maximum absolute atomic E-state index is 10.9. The Labute approximate surface area is 68.6 Å². The minimum Gasteiger partial charge on any atom is -0.467 e. The van der Waals surface area contributed by atoms with E-state index in [9.17, 15) is 4.79 Å². The highest BCUT2D eigenvalue weighted by Gasteiger charge is 2.38. The summed E-state index contributed by atoms with van der Waals surface area (Å²) in [5.41, 5.74) is 0. The summed E-state index contributed by atoms with van der Waals surface area (Å²) in [4.78, 5) is 10.9. The maximum atomic E-state index is 10.9. The summed E-state index contributed by atoms with van der Waals surface area (Å²) >= 11 is 7.13. The first-order valence-electron chi connectivity index (χ1n) is 2.79. The summed E-state index contributed by atoms with van der Waals surface area (Å²) in [6.45, 7) is 0. The molecule has 0 saturated carbocycles. The zero-order chi connectivity index (χ0) is 7.61. The van der Waals surface area contributed by atoms with E-state index < -0.39 is 4.21 Å². The SMILES string of the molecule is COC(=O)C1(Cl)CC=CS1. The van der Waals surface area contributed by atoms with Gasteiger partial charge in [-0.1, -0.05) is 29.4 Å². The van der Waals surface area contributed by atoms with E-state index in [2.05, 4.69) is 4.74 Å². The quantitative estimate of drug-likeness (QED) is 0.452. The van der Waals surface area contributed by atoms with Crippen LogP contribution < -0.4 is 0 Å². The fourth-order valence-electron chi connectivity index (χ4n) is 0.688. The Kier molecular flexibility index (Phi) is 2.26. The van der Waals surface area contributed by atoms with E-state index in [1.165, 1.54) is 18.9 Å². The zero-order valence-corrected chi connectivity index (χ0v) is 7.04. The number of alkyl halides is 1. The Hall–Kier alpha value is -0.150. The van der Waals surface area contributed by atoms with Gasteiger partial charge in [0.2, 0.25) is 0 Å². The Morgan fingerprint density at radius 1 is 1.90 bits per heavy atom. The number of hydrogen-bond donors (Lipinski definition) is 0. The lowest BCUT2D eigenvalue weighted by Gasteiger charge is -2.15. The molecular formula is C6H7ClO2S. The summed E-state index contributed by atoms with van der Waals surface area (Å²) in [7, 11) is 1.34. The number of allylic oxidation sites excluding steroid dienone is 1. The molecule has 0 aromatic carbocycles. The molecule has 1 atom stereocenters. The van der Waals surface area contributed by atoms with Crippen molar-refractivity contribution in [2.24, 2.45) is 0 Å². The van der Waals surface area contributed by atoms with Gasteiger partial charge in [-0.3, -0.25) is 0 Å². The first-order chi connectivity index (χ1) is 4.69. The van der Waals surface area contributed by atoms with Crippen molar-refractivity contribution < 1.29 is 9.53 Å². The topological polar surface area (TPSA) is 26.3 Å². The van der Waals surface area contributed by atoms with Crippen LogP contribution in [0.4, 0.5) is 0 Å². The van der Waals surface area contributed by atoms with Crippen LogP contribution in [0.5, 0.6) is 0 Å². The minimum atomic E-state index is -0.880. The second kappa shape index (κ2) is 2.84. The monoisotopic (exact) mass is 178 g/mol. The van der Waals surface area contributed by atoms with Crippen molar-refractivity contribution in [1.82, 2.24) is 0 Å².